The van der Waals surface area contributed by atoms with Crippen LogP contribution in [0.4, 0.5) is 0 Å². The van der Waals surface area contributed by atoms with Gasteiger partial charge in [0, 0.05) is 24.7 Å². The van der Waals surface area contributed by atoms with E-state index >= 15 is 0 Å². The molecule has 2 atom stereocenters. The fourth-order valence-corrected chi connectivity index (χ4v) is 5.31. The Kier molecular flexibility index (Phi) is 3.99. The predicted octanol–water partition coefficient (Wildman–Crippen LogP) is 0.392. The Balaban J connectivity index is 2.17. The molecular formula is C13H26N2O3S. The van der Waals surface area contributed by atoms with Crippen molar-refractivity contribution < 1.29 is 13.2 Å². The molecule has 6 heteroatoms. The summed E-state index contributed by atoms with van der Waals surface area (Å²) in [5.41, 5.74) is 5.73. The maximum absolute atomic E-state index is 11.7. The van der Waals surface area contributed by atoms with Gasteiger partial charge in [-0.15, -0.1) is 0 Å². The molecule has 0 aromatic rings. The molecule has 2 rings (SSSR count). The lowest BCUT2D eigenvalue weighted by Gasteiger charge is -2.51. The van der Waals surface area contributed by atoms with Crippen molar-refractivity contribution in [1.82, 2.24) is 4.90 Å². The number of rotatable bonds is 3. The molecule has 0 spiro atoms. The third-order valence-corrected chi connectivity index (χ3v) is 6.45. The van der Waals surface area contributed by atoms with Gasteiger partial charge in [0.25, 0.3) is 0 Å². The SMILES string of the molecule is CN(C1CCS(=O)(=O)C1)C1(CN)CCOC(C)(C)C1. The van der Waals surface area contributed by atoms with Gasteiger partial charge >= 0.3 is 0 Å². The molecular weight excluding hydrogens is 264 g/mol. The zero-order valence-electron chi connectivity index (χ0n) is 12.2. The second kappa shape index (κ2) is 4.98. The Morgan fingerprint density at radius 2 is 2.11 bits per heavy atom. The van der Waals surface area contributed by atoms with Crippen LogP contribution in [0.5, 0.6) is 0 Å². The summed E-state index contributed by atoms with van der Waals surface area (Å²) in [6, 6.07) is 0.0995. The highest BCUT2D eigenvalue weighted by atomic mass is 32.2. The predicted molar refractivity (Wildman–Crippen MR) is 75.9 cm³/mol. The number of likely N-dealkylation sites (N-methyl/N-ethyl adjacent to an activating group) is 1. The van der Waals surface area contributed by atoms with Crippen molar-refractivity contribution >= 4 is 9.84 Å². The average molecular weight is 290 g/mol. The summed E-state index contributed by atoms with van der Waals surface area (Å²) in [7, 11) is -0.829. The maximum atomic E-state index is 11.7. The van der Waals surface area contributed by atoms with E-state index in [2.05, 4.69) is 18.7 Å². The van der Waals surface area contributed by atoms with Gasteiger partial charge in [0.05, 0.1) is 17.1 Å². The standard InChI is InChI=1S/C13H26N2O3S/c1-12(2)9-13(10-14,5-6-18-12)15(3)11-4-7-19(16,17)8-11/h11H,4-10,14H2,1-3H3. The van der Waals surface area contributed by atoms with Gasteiger partial charge in [-0.05, 0) is 40.2 Å². The maximum Gasteiger partial charge on any atom is 0.151 e. The molecule has 2 fully saturated rings. The van der Waals surface area contributed by atoms with Crippen LogP contribution in [-0.4, -0.2) is 62.2 Å². The minimum absolute atomic E-state index is 0.0995. The monoisotopic (exact) mass is 290 g/mol. The first-order valence-electron chi connectivity index (χ1n) is 6.97. The van der Waals surface area contributed by atoms with Crippen molar-refractivity contribution in [2.75, 3.05) is 31.7 Å². The summed E-state index contributed by atoms with van der Waals surface area (Å²) in [4.78, 5) is 2.22. The third-order valence-electron chi connectivity index (χ3n) is 4.70. The van der Waals surface area contributed by atoms with Gasteiger partial charge in [-0.1, -0.05) is 0 Å². The molecule has 112 valence electrons. The summed E-state index contributed by atoms with van der Waals surface area (Å²) >= 11 is 0. The Morgan fingerprint density at radius 3 is 2.58 bits per heavy atom. The van der Waals surface area contributed by atoms with Crippen LogP contribution >= 0.6 is 0 Å². The smallest absolute Gasteiger partial charge is 0.151 e. The molecule has 0 aliphatic carbocycles. The first-order valence-corrected chi connectivity index (χ1v) is 8.79. The van der Waals surface area contributed by atoms with Crippen LogP contribution < -0.4 is 5.73 Å². The first-order chi connectivity index (χ1) is 8.70. The molecule has 0 aromatic carbocycles. The molecule has 2 N–H and O–H groups in total. The molecule has 2 aliphatic rings. The second-order valence-corrected chi connectivity index (χ2v) is 8.86. The topological polar surface area (TPSA) is 72.6 Å². The van der Waals surface area contributed by atoms with Gasteiger partial charge < -0.3 is 10.5 Å². The number of nitrogens with two attached hydrogens (primary N) is 1. The van der Waals surface area contributed by atoms with Crippen molar-refractivity contribution in [3.05, 3.63) is 0 Å². The summed E-state index contributed by atoms with van der Waals surface area (Å²) in [5.74, 6) is 0.578. The van der Waals surface area contributed by atoms with Crippen molar-refractivity contribution in [1.29, 1.82) is 0 Å². The van der Waals surface area contributed by atoms with E-state index in [0.29, 0.717) is 18.9 Å². The largest absolute Gasteiger partial charge is 0.375 e. The van der Waals surface area contributed by atoms with E-state index in [-0.39, 0.29) is 22.9 Å². The Labute approximate surface area is 116 Å². The van der Waals surface area contributed by atoms with Gasteiger partial charge in [0.15, 0.2) is 9.84 Å². The van der Waals surface area contributed by atoms with E-state index < -0.39 is 9.84 Å². The van der Waals surface area contributed by atoms with E-state index in [1.165, 1.54) is 0 Å². The average Bonchev–Trinajstić information content (AvgIpc) is 2.67. The van der Waals surface area contributed by atoms with Crippen LogP contribution in [0.15, 0.2) is 0 Å². The van der Waals surface area contributed by atoms with E-state index in [0.717, 1.165) is 19.3 Å². The van der Waals surface area contributed by atoms with Gasteiger partial charge in [-0.3, -0.25) is 4.90 Å². The van der Waals surface area contributed by atoms with Crippen molar-refractivity contribution in [3.8, 4) is 0 Å². The highest BCUT2D eigenvalue weighted by Crippen LogP contribution is 2.37. The van der Waals surface area contributed by atoms with Crippen LogP contribution in [0, 0.1) is 0 Å². The summed E-state index contributed by atoms with van der Waals surface area (Å²) < 4.78 is 29.1. The molecule has 2 saturated heterocycles. The molecule has 2 aliphatic heterocycles. The highest BCUT2D eigenvalue weighted by molar-refractivity contribution is 7.91. The zero-order chi connectivity index (χ0) is 14.3. The fourth-order valence-electron chi connectivity index (χ4n) is 3.54. The van der Waals surface area contributed by atoms with E-state index in [1.54, 1.807) is 0 Å². The normalized spacial score (nSPS) is 37.6. The quantitative estimate of drug-likeness (QED) is 0.814. The van der Waals surface area contributed by atoms with Crippen LogP contribution in [0.3, 0.4) is 0 Å². The van der Waals surface area contributed by atoms with E-state index in [9.17, 15) is 8.42 Å². The lowest BCUT2D eigenvalue weighted by Crippen LogP contribution is -2.62. The van der Waals surface area contributed by atoms with Crippen LogP contribution in [0.2, 0.25) is 0 Å². The van der Waals surface area contributed by atoms with Crippen LogP contribution in [0.25, 0.3) is 0 Å². The third kappa shape index (κ3) is 3.12. The lowest BCUT2D eigenvalue weighted by molar-refractivity contribution is -0.119. The second-order valence-electron chi connectivity index (χ2n) is 6.63. The minimum Gasteiger partial charge on any atom is -0.375 e. The summed E-state index contributed by atoms with van der Waals surface area (Å²) in [6.45, 7) is 5.40. The number of hydrogen-bond acceptors (Lipinski definition) is 5. The molecule has 5 nitrogen and oxygen atoms in total. The van der Waals surface area contributed by atoms with E-state index in [4.69, 9.17) is 10.5 Å². The number of sulfone groups is 1. The van der Waals surface area contributed by atoms with Gasteiger partial charge in [-0.25, -0.2) is 8.42 Å². The molecule has 0 aromatic heterocycles. The number of nitrogens with zero attached hydrogens (tertiary/aromatic N) is 1. The number of hydrogen-bond donors (Lipinski definition) is 1. The molecule has 0 saturated carbocycles. The van der Waals surface area contributed by atoms with Crippen molar-refractivity contribution in [2.24, 2.45) is 5.73 Å². The Hall–Kier alpha value is -0.170. The zero-order valence-corrected chi connectivity index (χ0v) is 13.0. The molecule has 2 unspecified atom stereocenters. The van der Waals surface area contributed by atoms with E-state index in [1.807, 2.05) is 7.05 Å². The molecule has 19 heavy (non-hydrogen) atoms. The lowest BCUT2D eigenvalue weighted by atomic mass is 9.79. The van der Waals surface area contributed by atoms with Gasteiger partial charge in [0.1, 0.15) is 0 Å². The van der Waals surface area contributed by atoms with Crippen molar-refractivity contribution in [3.63, 3.8) is 0 Å². The molecule has 0 amide bonds. The van der Waals surface area contributed by atoms with Gasteiger partial charge in [-0.2, -0.15) is 0 Å². The van der Waals surface area contributed by atoms with Crippen molar-refractivity contribution in [2.45, 2.75) is 50.3 Å². The Bertz CT molecular complexity index is 435. The molecule has 0 radical (unpaired) electrons. The summed E-state index contributed by atoms with van der Waals surface area (Å²) in [5, 5.41) is 0. The Morgan fingerprint density at radius 1 is 1.42 bits per heavy atom. The van der Waals surface area contributed by atoms with Crippen LogP contribution in [-0.2, 0) is 14.6 Å². The van der Waals surface area contributed by atoms with Crippen LogP contribution in [0.1, 0.15) is 33.1 Å². The van der Waals surface area contributed by atoms with Gasteiger partial charge in [0.2, 0.25) is 0 Å². The molecule has 0 bridgehead atoms. The number of ether oxygens (including phenoxy) is 1. The molecule has 2 heterocycles. The summed E-state index contributed by atoms with van der Waals surface area (Å²) in [6.07, 6.45) is 2.45. The fraction of sp³-hybridized carbons (Fsp3) is 1.00. The minimum atomic E-state index is -2.86. The first kappa shape index (κ1) is 15.2. The highest BCUT2D eigenvalue weighted by Gasteiger charge is 2.46.